The minimum absolute atomic E-state index is 0.0920. The van der Waals surface area contributed by atoms with Crippen LogP contribution in [0.4, 0.5) is 11.8 Å². The highest BCUT2D eigenvalue weighted by Crippen LogP contribution is 2.33. The van der Waals surface area contributed by atoms with Crippen molar-refractivity contribution in [3.63, 3.8) is 0 Å². The average molecular weight is 356 g/mol. The Kier molecular flexibility index (Phi) is 3.77. The van der Waals surface area contributed by atoms with Gasteiger partial charge in [0.25, 0.3) is 0 Å². The number of rotatable bonds is 4. The quantitative estimate of drug-likeness (QED) is 0.745. The lowest BCUT2D eigenvalue weighted by molar-refractivity contribution is 0.455. The molecular formula is C17H14ClN5O2. The molecule has 3 aromatic rings. The Balaban J connectivity index is 1.62. The first-order chi connectivity index (χ1) is 12.1. The molecular weight excluding hydrogens is 342 g/mol. The van der Waals surface area contributed by atoms with Gasteiger partial charge in [-0.15, -0.1) is 0 Å². The van der Waals surface area contributed by atoms with Crippen molar-refractivity contribution >= 4 is 41.2 Å². The Morgan fingerprint density at radius 1 is 1.44 bits per heavy atom. The second kappa shape index (κ2) is 6.10. The molecule has 25 heavy (non-hydrogen) atoms. The highest BCUT2D eigenvalue weighted by Gasteiger charge is 2.17. The van der Waals surface area contributed by atoms with E-state index in [0.29, 0.717) is 29.0 Å². The number of hydrogen-bond donors (Lipinski definition) is 2. The van der Waals surface area contributed by atoms with Gasteiger partial charge in [-0.25, -0.2) is 9.98 Å². The maximum atomic E-state index is 10.1. The maximum absolute atomic E-state index is 10.1. The molecule has 0 aromatic carbocycles. The second-order valence-corrected chi connectivity index (χ2v) is 6.05. The normalized spacial score (nSPS) is 14.2. The number of aliphatic imine (C=N–C) groups is 1. The van der Waals surface area contributed by atoms with Crippen LogP contribution in [0.25, 0.3) is 11.6 Å². The minimum Gasteiger partial charge on any atom is -0.492 e. The number of nitrogens with one attached hydrogen (secondary N) is 1. The second-order valence-electron chi connectivity index (χ2n) is 5.62. The third-order valence-electron chi connectivity index (χ3n) is 3.80. The Hall–Kier alpha value is -3.06. The number of imidazole rings is 1. The number of allylic oxidation sites excluding steroid dienone is 1. The van der Waals surface area contributed by atoms with E-state index in [4.69, 9.17) is 16.0 Å². The van der Waals surface area contributed by atoms with Gasteiger partial charge >= 0.3 is 0 Å². The zero-order valence-electron chi connectivity index (χ0n) is 13.3. The number of halogens is 1. The molecule has 3 aromatic heterocycles. The number of nitrogens with zero attached hydrogens (tertiary/aromatic N) is 4. The molecule has 126 valence electrons. The van der Waals surface area contributed by atoms with Gasteiger partial charge in [0.1, 0.15) is 11.5 Å². The molecule has 1 aliphatic heterocycles. The molecule has 0 fully saturated rings. The molecule has 0 amide bonds. The van der Waals surface area contributed by atoms with Gasteiger partial charge in [-0.3, -0.25) is 0 Å². The van der Waals surface area contributed by atoms with E-state index in [1.807, 2.05) is 24.1 Å². The van der Waals surface area contributed by atoms with Crippen LogP contribution in [0, 0.1) is 0 Å². The predicted molar refractivity (Wildman–Crippen MR) is 96.3 cm³/mol. The van der Waals surface area contributed by atoms with E-state index in [1.165, 1.54) is 0 Å². The fourth-order valence-corrected chi connectivity index (χ4v) is 2.73. The van der Waals surface area contributed by atoms with Crippen molar-refractivity contribution in [3.8, 4) is 5.88 Å². The van der Waals surface area contributed by atoms with Gasteiger partial charge in [-0.2, -0.15) is 4.98 Å². The number of aromatic hydroxyl groups is 1. The Labute approximate surface area is 148 Å². The van der Waals surface area contributed by atoms with Crippen LogP contribution in [0.1, 0.15) is 17.0 Å². The summed E-state index contributed by atoms with van der Waals surface area (Å²) in [4.78, 5) is 17.5. The summed E-state index contributed by atoms with van der Waals surface area (Å²) in [7, 11) is 1.85. The number of fused-ring (bicyclic) bond motifs is 1. The number of aromatic amines is 1. The molecule has 0 aliphatic carbocycles. The molecule has 8 heteroatoms. The van der Waals surface area contributed by atoms with E-state index < -0.39 is 0 Å². The summed E-state index contributed by atoms with van der Waals surface area (Å²) in [6, 6.07) is 5.50. The van der Waals surface area contributed by atoms with Crippen LogP contribution >= 0.6 is 11.6 Å². The van der Waals surface area contributed by atoms with Crippen molar-refractivity contribution in [1.82, 2.24) is 15.0 Å². The molecule has 4 rings (SSSR count). The smallest absolute Gasteiger partial charge is 0.238 e. The number of furan rings is 1. The van der Waals surface area contributed by atoms with Gasteiger partial charge in [0, 0.05) is 30.6 Å². The summed E-state index contributed by atoms with van der Waals surface area (Å²) >= 11 is 6.01. The van der Waals surface area contributed by atoms with Crippen LogP contribution in [0.5, 0.6) is 5.88 Å². The Morgan fingerprint density at radius 3 is 3.12 bits per heavy atom. The van der Waals surface area contributed by atoms with Crippen molar-refractivity contribution in [2.75, 3.05) is 11.9 Å². The molecule has 1 aliphatic rings. The van der Waals surface area contributed by atoms with E-state index >= 15 is 0 Å². The Bertz CT molecular complexity index is 975. The van der Waals surface area contributed by atoms with Crippen molar-refractivity contribution in [2.45, 2.75) is 6.54 Å². The van der Waals surface area contributed by atoms with Gasteiger partial charge in [0.2, 0.25) is 11.8 Å². The summed E-state index contributed by atoms with van der Waals surface area (Å²) in [6.45, 7) is 0.528. The molecule has 4 heterocycles. The van der Waals surface area contributed by atoms with Crippen molar-refractivity contribution in [3.05, 3.63) is 52.7 Å². The Morgan fingerprint density at radius 2 is 2.32 bits per heavy atom. The monoisotopic (exact) mass is 355 g/mol. The number of H-pyrrole nitrogens is 1. The largest absolute Gasteiger partial charge is 0.492 e. The molecule has 7 nitrogen and oxygen atoms in total. The van der Waals surface area contributed by atoms with Gasteiger partial charge in [-0.1, -0.05) is 11.6 Å². The number of hydrogen-bond acceptors (Lipinski definition) is 6. The first kappa shape index (κ1) is 15.5. The van der Waals surface area contributed by atoms with E-state index in [2.05, 4.69) is 19.9 Å². The molecule has 0 saturated carbocycles. The lowest BCUT2D eigenvalue weighted by Crippen LogP contribution is -2.17. The van der Waals surface area contributed by atoms with Gasteiger partial charge < -0.3 is 19.4 Å². The molecule has 0 unspecified atom stereocenters. The number of pyridine rings is 1. The molecule has 0 bridgehead atoms. The highest BCUT2D eigenvalue weighted by molar-refractivity contribution is 6.31. The van der Waals surface area contributed by atoms with Gasteiger partial charge in [0.05, 0.1) is 17.8 Å². The minimum atomic E-state index is -0.0920. The zero-order valence-corrected chi connectivity index (χ0v) is 14.0. The lowest BCUT2D eigenvalue weighted by Gasteiger charge is -2.13. The standard InChI is InChI=1S/C17H14ClN5O2/c1-23(9-12-3-2-4-25-12)17-21-14(16(24)22-17)5-10-7-19-15-13(10)6-11(18)8-20-15/h2-8,24H,9H2,1H3,(H,21,22). The molecule has 0 saturated heterocycles. The van der Waals surface area contributed by atoms with Crippen LogP contribution in [-0.2, 0) is 6.54 Å². The van der Waals surface area contributed by atoms with Crippen LogP contribution in [0.15, 0.2) is 40.1 Å². The fraction of sp³-hybridized carbons (Fsp3) is 0.118. The van der Waals surface area contributed by atoms with Crippen molar-refractivity contribution in [1.29, 1.82) is 0 Å². The summed E-state index contributed by atoms with van der Waals surface area (Å²) in [5.74, 6) is 1.84. The van der Waals surface area contributed by atoms with Gasteiger partial charge in [0.15, 0.2) is 5.82 Å². The maximum Gasteiger partial charge on any atom is 0.238 e. The summed E-state index contributed by atoms with van der Waals surface area (Å²) in [5.41, 5.74) is 2.09. The third kappa shape index (κ3) is 3.01. The number of anilines is 1. The van der Waals surface area contributed by atoms with Crippen LogP contribution in [0.3, 0.4) is 0 Å². The summed E-state index contributed by atoms with van der Waals surface area (Å²) in [6.07, 6.45) is 6.62. The predicted octanol–water partition coefficient (Wildman–Crippen LogP) is 3.65. The highest BCUT2D eigenvalue weighted by atomic mass is 35.5. The molecule has 0 atom stereocenters. The molecule has 0 radical (unpaired) electrons. The first-order valence-electron chi connectivity index (χ1n) is 7.54. The van der Waals surface area contributed by atoms with Crippen molar-refractivity contribution < 1.29 is 9.52 Å². The van der Waals surface area contributed by atoms with Crippen molar-refractivity contribution in [2.24, 2.45) is 4.99 Å². The molecule has 0 spiro atoms. The zero-order chi connectivity index (χ0) is 17.4. The van der Waals surface area contributed by atoms with Crippen LogP contribution < -0.4 is 4.90 Å². The average Bonchev–Trinajstić information content (AvgIpc) is 3.30. The SMILES string of the molecule is CN(Cc1ccco1)c1nc(O)c(C=C2C=Nc3ncc(Cl)cc32)[nH]1. The van der Waals surface area contributed by atoms with E-state index in [1.54, 1.807) is 30.8 Å². The van der Waals surface area contributed by atoms with Crippen LogP contribution in [0.2, 0.25) is 5.02 Å². The fourth-order valence-electron chi connectivity index (χ4n) is 2.58. The number of aromatic nitrogens is 3. The topological polar surface area (TPSA) is 90.5 Å². The molecule has 2 N–H and O–H groups in total. The summed E-state index contributed by atoms with van der Waals surface area (Å²) in [5, 5.41) is 10.7. The van der Waals surface area contributed by atoms with Gasteiger partial charge in [-0.05, 0) is 24.3 Å². The third-order valence-corrected chi connectivity index (χ3v) is 4.01. The summed E-state index contributed by atoms with van der Waals surface area (Å²) < 4.78 is 5.33. The van der Waals surface area contributed by atoms with E-state index in [0.717, 1.165) is 16.9 Å². The van der Waals surface area contributed by atoms with E-state index in [-0.39, 0.29) is 5.88 Å². The first-order valence-corrected chi connectivity index (χ1v) is 7.92. The van der Waals surface area contributed by atoms with E-state index in [9.17, 15) is 5.11 Å². The lowest BCUT2D eigenvalue weighted by atomic mass is 10.1. The van der Waals surface area contributed by atoms with Crippen LogP contribution in [-0.4, -0.2) is 33.3 Å².